The number of aryl methyl sites for hydroxylation is 1. The van der Waals surface area contributed by atoms with Crippen LogP contribution in [-0.4, -0.2) is 27.5 Å². The molecule has 3 heterocycles. The molecule has 0 bridgehead atoms. The highest BCUT2D eigenvalue weighted by Gasteiger charge is 2.30. The standard InChI is InChI=1S/C24H27N3/c1-17-11-12-26(15-19-7-4-3-5-8-19)16-23(17)27-18(2)13-20-14-25-22-10-6-9-21(22)24(20)27/h3-9,13-14,17,23H,10-12,15-16H2,1-2H3/t17-,23+/m1/s1. The number of rotatable bonds is 3. The molecule has 1 fully saturated rings. The van der Waals surface area contributed by atoms with Crippen LogP contribution in [0, 0.1) is 12.8 Å². The topological polar surface area (TPSA) is 21.1 Å². The molecule has 0 saturated carbocycles. The highest BCUT2D eigenvalue weighted by molar-refractivity contribution is 5.91. The van der Waals surface area contributed by atoms with Gasteiger partial charge in [-0.3, -0.25) is 9.88 Å². The Morgan fingerprint density at radius 1 is 1.19 bits per heavy atom. The summed E-state index contributed by atoms with van der Waals surface area (Å²) in [6.45, 7) is 8.02. The van der Waals surface area contributed by atoms with Crippen molar-refractivity contribution in [3.63, 3.8) is 0 Å². The van der Waals surface area contributed by atoms with Crippen LogP contribution in [0.4, 0.5) is 0 Å². The van der Waals surface area contributed by atoms with Gasteiger partial charge in [-0.05, 0) is 37.4 Å². The first-order valence-corrected chi connectivity index (χ1v) is 10.1. The summed E-state index contributed by atoms with van der Waals surface area (Å²) in [7, 11) is 0. The zero-order valence-corrected chi connectivity index (χ0v) is 16.2. The molecule has 3 heteroatoms. The van der Waals surface area contributed by atoms with Gasteiger partial charge in [0.15, 0.2) is 0 Å². The zero-order valence-electron chi connectivity index (χ0n) is 16.2. The lowest BCUT2D eigenvalue weighted by atomic mass is 9.92. The number of allylic oxidation sites excluding steroid dienone is 1. The van der Waals surface area contributed by atoms with Crippen molar-refractivity contribution in [2.45, 2.75) is 39.3 Å². The second kappa shape index (κ2) is 6.65. The van der Waals surface area contributed by atoms with E-state index < -0.39 is 0 Å². The lowest BCUT2D eigenvalue weighted by Gasteiger charge is -2.39. The number of piperidine rings is 1. The molecule has 0 spiro atoms. The first-order valence-electron chi connectivity index (χ1n) is 10.1. The zero-order chi connectivity index (χ0) is 18.4. The Kier molecular flexibility index (Phi) is 4.13. The van der Waals surface area contributed by atoms with Crippen molar-refractivity contribution < 1.29 is 0 Å². The van der Waals surface area contributed by atoms with E-state index in [1.165, 1.54) is 46.4 Å². The van der Waals surface area contributed by atoms with E-state index in [0.717, 1.165) is 19.5 Å². The van der Waals surface area contributed by atoms with Crippen LogP contribution in [-0.2, 0) is 13.0 Å². The highest BCUT2D eigenvalue weighted by atomic mass is 15.2. The average Bonchev–Trinajstić information content (AvgIpc) is 3.27. The van der Waals surface area contributed by atoms with Gasteiger partial charge < -0.3 is 4.57 Å². The third kappa shape index (κ3) is 2.90. The molecule has 1 aromatic carbocycles. The molecule has 2 aromatic heterocycles. The summed E-state index contributed by atoms with van der Waals surface area (Å²) in [6, 6.07) is 13.7. The van der Waals surface area contributed by atoms with Crippen molar-refractivity contribution in [2.24, 2.45) is 5.92 Å². The summed E-state index contributed by atoms with van der Waals surface area (Å²) in [4.78, 5) is 7.32. The van der Waals surface area contributed by atoms with Crippen molar-refractivity contribution in [1.29, 1.82) is 0 Å². The summed E-state index contributed by atoms with van der Waals surface area (Å²) >= 11 is 0. The molecule has 1 saturated heterocycles. The number of hydrogen-bond donors (Lipinski definition) is 0. The van der Waals surface area contributed by atoms with Gasteiger partial charge in [0.2, 0.25) is 0 Å². The smallest absolute Gasteiger partial charge is 0.0593 e. The van der Waals surface area contributed by atoms with Gasteiger partial charge in [0.1, 0.15) is 0 Å². The van der Waals surface area contributed by atoms with E-state index in [0.29, 0.717) is 12.0 Å². The molecule has 1 aliphatic heterocycles. The monoisotopic (exact) mass is 357 g/mol. The third-order valence-corrected chi connectivity index (χ3v) is 6.36. The molecule has 0 amide bonds. The number of benzene rings is 1. The Morgan fingerprint density at radius 3 is 2.89 bits per heavy atom. The number of nitrogens with zero attached hydrogens (tertiary/aromatic N) is 3. The molecule has 3 aromatic rings. The predicted molar refractivity (Wildman–Crippen MR) is 112 cm³/mol. The first-order chi connectivity index (χ1) is 13.2. The minimum absolute atomic E-state index is 0.514. The fourth-order valence-electron chi connectivity index (χ4n) is 4.91. The lowest BCUT2D eigenvalue weighted by Crippen LogP contribution is -2.40. The minimum atomic E-state index is 0.514. The number of hydrogen-bond acceptors (Lipinski definition) is 2. The Balaban J connectivity index is 1.52. The van der Waals surface area contributed by atoms with Gasteiger partial charge in [0, 0.05) is 48.4 Å². The molecule has 2 atom stereocenters. The summed E-state index contributed by atoms with van der Waals surface area (Å²) in [5.41, 5.74) is 6.73. The van der Waals surface area contributed by atoms with E-state index in [2.05, 4.69) is 78.1 Å². The molecular weight excluding hydrogens is 330 g/mol. The van der Waals surface area contributed by atoms with E-state index in [9.17, 15) is 0 Å². The fourth-order valence-corrected chi connectivity index (χ4v) is 4.91. The number of likely N-dealkylation sites (tertiary alicyclic amines) is 1. The van der Waals surface area contributed by atoms with Crippen LogP contribution in [0.15, 0.2) is 48.7 Å². The van der Waals surface area contributed by atoms with Crippen LogP contribution in [0.25, 0.3) is 17.0 Å². The molecule has 3 nitrogen and oxygen atoms in total. The normalized spacial score (nSPS) is 22.4. The van der Waals surface area contributed by atoms with Gasteiger partial charge in [0.25, 0.3) is 0 Å². The van der Waals surface area contributed by atoms with Crippen molar-refractivity contribution in [1.82, 2.24) is 14.5 Å². The van der Waals surface area contributed by atoms with Gasteiger partial charge in [-0.15, -0.1) is 0 Å². The number of pyridine rings is 1. The van der Waals surface area contributed by atoms with Gasteiger partial charge in [-0.2, -0.15) is 0 Å². The second-order valence-corrected chi connectivity index (χ2v) is 8.24. The maximum absolute atomic E-state index is 4.69. The maximum Gasteiger partial charge on any atom is 0.0593 e. The second-order valence-electron chi connectivity index (χ2n) is 8.24. The summed E-state index contributed by atoms with van der Waals surface area (Å²) in [5.74, 6) is 0.681. The molecule has 0 radical (unpaired) electrons. The van der Waals surface area contributed by atoms with Crippen LogP contribution < -0.4 is 0 Å². The van der Waals surface area contributed by atoms with Crippen molar-refractivity contribution in [2.75, 3.05) is 13.1 Å². The Bertz CT molecular complexity index is 999. The van der Waals surface area contributed by atoms with Gasteiger partial charge in [-0.1, -0.05) is 49.4 Å². The highest BCUT2D eigenvalue weighted by Crippen LogP contribution is 2.36. The molecule has 138 valence electrons. The number of fused-ring (bicyclic) bond motifs is 3. The van der Waals surface area contributed by atoms with Gasteiger partial charge in [0.05, 0.1) is 11.2 Å². The molecule has 2 aliphatic rings. The Hall–Kier alpha value is -2.39. The van der Waals surface area contributed by atoms with E-state index in [-0.39, 0.29) is 0 Å². The maximum atomic E-state index is 4.69. The lowest BCUT2D eigenvalue weighted by molar-refractivity contribution is 0.128. The Morgan fingerprint density at radius 2 is 2.04 bits per heavy atom. The van der Waals surface area contributed by atoms with E-state index in [1.54, 1.807) is 0 Å². The van der Waals surface area contributed by atoms with Gasteiger partial charge >= 0.3 is 0 Å². The molecule has 0 unspecified atom stereocenters. The van der Waals surface area contributed by atoms with E-state index in [1.807, 2.05) is 0 Å². The minimum Gasteiger partial charge on any atom is -0.340 e. The molecule has 0 N–H and O–H groups in total. The van der Waals surface area contributed by atoms with Crippen molar-refractivity contribution in [3.05, 3.63) is 71.2 Å². The molecular formula is C24H27N3. The summed E-state index contributed by atoms with van der Waals surface area (Å²) in [6.07, 6.45) is 8.81. The van der Waals surface area contributed by atoms with Crippen LogP contribution in [0.1, 0.15) is 41.9 Å². The fraction of sp³-hybridized carbons (Fsp3) is 0.375. The van der Waals surface area contributed by atoms with Crippen LogP contribution in [0.5, 0.6) is 0 Å². The quantitative estimate of drug-likeness (QED) is 0.658. The SMILES string of the molecule is Cc1cc2cnc3c(c2n1[C@H]1CN(Cc2ccccc2)CC[C@H]1C)C=CC3. The first kappa shape index (κ1) is 16.8. The van der Waals surface area contributed by atoms with Crippen LogP contribution in [0.2, 0.25) is 0 Å². The van der Waals surface area contributed by atoms with Crippen molar-refractivity contribution >= 4 is 17.0 Å². The molecule has 5 rings (SSSR count). The largest absolute Gasteiger partial charge is 0.340 e. The third-order valence-electron chi connectivity index (χ3n) is 6.36. The summed E-state index contributed by atoms with van der Waals surface area (Å²) < 4.78 is 2.62. The average molecular weight is 358 g/mol. The van der Waals surface area contributed by atoms with E-state index in [4.69, 9.17) is 4.98 Å². The summed E-state index contributed by atoms with van der Waals surface area (Å²) in [5, 5.41) is 1.28. The van der Waals surface area contributed by atoms with Crippen LogP contribution in [0.3, 0.4) is 0 Å². The van der Waals surface area contributed by atoms with Crippen LogP contribution >= 0.6 is 0 Å². The van der Waals surface area contributed by atoms with Gasteiger partial charge in [-0.25, -0.2) is 0 Å². The molecule has 1 aliphatic carbocycles. The Labute approximate surface area is 161 Å². The van der Waals surface area contributed by atoms with E-state index >= 15 is 0 Å². The van der Waals surface area contributed by atoms with Crippen molar-refractivity contribution in [3.8, 4) is 0 Å². The number of aromatic nitrogens is 2. The predicted octanol–water partition coefficient (Wildman–Crippen LogP) is 5.00. The molecule has 27 heavy (non-hydrogen) atoms.